The second-order valence-corrected chi connectivity index (χ2v) is 5.70. The van der Waals surface area contributed by atoms with Crippen molar-refractivity contribution < 1.29 is 9.72 Å². The zero-order chi connectivity index (χ0) is 14.6. The number of hydrogen-bond acceptors (Lipinski definition) is 5. The first-order valence-electron chi connectivity index (χ1n) is 6.94. The van der Waals surface area contributed by atoms with Crippen LogP contribution in [0.25, 0.3) is 0 Å². The predicted molar refractivity (Wildman–Crippen MR) is 75.5 cm³/mol. The minimum absolute atomic E-state index is 0.0284. The summed E-state index contributed by atoms with van der Waals surface area (Å²) in [6.45, 7) is 0. The molecule has 3 aliphatic rings. The third-order valence-corrected chi connectivity index (χ3v) is 4.60. The number of nitrogens with zero attached hydrogens (tertiary/aromatic N) is 3. The molecule has 4 rings (SSSR count). The van der Waals surface area contributed by atoms with Crippen molar-refractivity contribution in [3.63, 3.8) is 0 Å². The molecule has 106 valence electrons. The lowest BCUT2D eigenvalue weighted by molar-refractivity contribution is -0.385. The van der Waals surface area contributed by atoms with Crippen molar-refractivity contribution in [1.82, 2.24) is 4.98 Å². The second-order valence-electron chi connectivity index (χ2n) is 5.70. The van der Waals surface area contributed by atoms with E-state index in [1.54, 1.807) is 6.07 Å². The van der Waals surface area contributed by atoms with Gasteiger partial charge in [-0.15, -0.1) is 0 Å². The molecule has 6 heteroatoms. The number of carbonyl (C=O) groups is 1. The Balaban J connectivity index is 1.72. The molecule has 0 amide bonds. The maximum atomic E-state index is 12.6. The van der Waals surface area contributed by atoms with Gasteiger partial charge in [-0.3, -0.25) is 14.9 Å². The Morgan fingerprint density at radius 3 is 2.76 bits per heavy atom. The SMILES string of the molecule is O=C1[C@H]2C=CN(c3ccc([N+](=O)[O-])cn3)[C@@H]1[C@H]1C=C[C@@H]2C1. The summed E-state index contributed by atoms with van der Waals surface area (Å²) in [7, 11) is 0. The lowest BCUT2D eigenvalue weighted by atomic mass is 9.73. The number of pyridine rings is 1. The van der Waals surface area contributed by atoms with Crippen LogP contribution in [0.15, 0.2) is 42.8 Å². The first-order chi connectivity index (χ1) is 10.1. The summed E-state index contributed by atoms with van der Waals surface area (Å²) >= 11 is 0. The molecule has 2 heterocycles. The van der Waals surface area contributed by atoms with E-state index in [1.165, 1.54) is 12.3 Å². The summed E-state index contributed by atoms with van der Waals surface area (Å²) in [6.07, 6.45) is 10.3. The highest BCUT2D eigenvalue weighted by atomic mass is 16.6. The summed E-state index contributed by atoms with van der Waals surface area (Å²) in [5.41, 5.74) is -0.0478. The quantitative estimate of drug-likeness (QED) is 0.472. The molecule has 0 N–H and O–H groups in total. The van der Waals surface area contributed by atoms with E-state index >= 15 is 0 Å². The third kappa shape index (κ3) is 1.72. The van der Waals surface area contributed by atoms with Crippen molar-refractivity contribution in [1.29, 1.82) is 0 Å². The Bertz CT molecular complexity index is 680. The number of ketones is 1. The van der Waals surface area contributed by atoms with E-state index < -0.39 is 4.92 Å². The van der Waals surface area contributed by atoms with Gasteiger partial charge in [0.1, 0.15) is 18.1 Å². The Morgan fingerprint density at radius 1 is 1.24 bits per heavy atom. The van der Waals surface area contributed by atoms with Crippen molar-refractivity contribution >= 4 is 17.3 Å². The van der Waals surface area contributed by atoms with Crippen molar-refractivity contribution in [2.45, 2.75) is 12.5 Å². The Hall–Kier alpha value is -2.50. The summed E-state index contributed by atoms with van der Waals surface area (Å²) in [5, 5.41) is 10.7. The van der Waals surface area contributed by atoms with Gasteiger partial charge in [0, 0.05) is 24.1 Å². The number of rotatable bonds is 2. The molecular formula is C15H13N3O3. The average Bonchev–Trinajstić information content (AvgIpc) is 2.92. The molecule has 1 aromatic rings. The molecule has 1 fully saturated rings. The lowest BCUT2D eigenvalue weighted by Gasteiger charge is -2.42. The van der Waals surface area contributed by atoms with Gasteiger partial charge in [0.2, 0.25) is 0 Å². The van der Waals surface area contributed by atoms with Gasteiger partial charge in [-0.1, -0.05) is 18.2 Å². The number of Topliss-reactive ketones (excluding diaryl/α,β-unsaturated/α-hetero) is 1. The minimum atomic E-state index is -0.477. The van der Waals surface area contributed by atoms with E-state index in [2.05, 4.69) is 17.1 Å². The molecule has 0 unspecified atom stereocenters. The molecule has 1 aliphatic heterocycles. The van der Waals surface area contributed by atoms with E-state index in [0.717, 1.165) is 6.42 Å². The molecule has 6 nitrogen and oxygen atoms in total. The number of allylic oxidation sites excluding steroid dienone is 2. The molecule has 0 saturated heterocycles. The van der Waals surface area contributed by atoms with E-state index in [4.69, 9.17) is 0 Å². The number of fused-ring (bicyclic) bond motifs is 6. The minimum Gasteiger partial charge on any atom is -0.322 e. The van der Waals surface area contributed by atoms with Crippen molar-refractivity contribution in [3.8, 4) is 0 Å². The smallest absolute Gasteiger partial charge is 0.287 e. The molecule has 21 heavy (non-hydrogen) atoms. The van der Waals surface area contributed by atoms with Crippen LogP contribution in [0, 0.1) is 27.9 Å². The normalized spacial score (nSPS) is 32.6. The molecular weight excluding hydrogens is 270 g/mol. The van der Waals surface area contributed by atoms with Gasteiger partial charge in [-0.25, -0.2) is 4.98 Å². The first kappa shape index (κ1) is 12.3. The van der Waals surface area contributed by atoms with Crippen LogP contribution in [0.5, 0.6) is 0 Å². The average molecular weight is 283 g/mol. The fourth-order valence-corrected chi connectivity index (χ4v) is 3.59. The van der Waals surface area contributed by atoms with E-state index in [0.29, 0.717) is 11.7 Å². The number of carbonyl (C=O) groups excluding carboxylic acids is 1. The Morgan fingerprint density at radius 2 is 2.05 bits per heavy atom. The molecule has 1 aromatic heterocycles. The maximum absolute atomic E-state index is 12.6. The van der Waals surface area contributed by atoms with Crippen molar-refractivity contribution in [2.75, 3.05) is 4.90 Å². The fourth-order valence-electron chi connectivity index (χ4n) is 3.59. The summed E-state index contributed by atoms with van der Waals surface area (Å²) in [5.74, 6) is 1.32. The zero-order valence-corrected chi connectivity index (χ0v) is 11.1. The van der Waals surface area contributed by atoms with Crippen molar-refractivity contribution in [3.05, 3.63) is 52.9 Å². The van der Waals surface area contributed by atoms with Gasteiger partial charge in [0.25, 0.3) is 5.69 Å². The molecule has 0 radical (unpaired) electrons. The summed E-state index contributed by atoms with van der Waals surface area (Å²) < 4.78 is 0. The van der Waals surface area contributed by atoms with Crippen LogP contribution in [-0.2, 0) is 4.79 Å². The van der Waals surface area contributed by atoms with Crippen LogP contribution in [0.1, 0.15) is 6.42 Å². The second kappa shape index (κ2) is 4.25. The van der Waals surface area contributed by atoms with Gasteiger partial charge < -0.3 is 4.90 Å². The molecule has 4 bridgehead atoms. The van der Waals surface area contributed by atoms with Crippen molar-refractivity contribution in [2.24, 2.45) is 17.8 Å². The predicted octanol–water partition coefficient (Wildman–Crippen LogP) is 2.08. The fraction of sp³-hybridized carbons (Fsp3) is 0.333. The van der Waals surface area contributed by atoms with Gasteiger partial charge in [0.05, 0.1) is 4.92 Å². The molecule has 0 spiro atoms. The van der Waals surface area contributed by atoms with Gasteiger partial charge in [0.15, 0.2) is 5.78 Å². The topological polar surface area (TPSA) is 76.3 Å². The van der Waals surface area contributed by atoms with Crippen LogP contribution < -0.4 is 4.90 Å². The van der Waals surface area contributed by atoms with Gasteiger partial charge >= 0.3 is 0 Å². The lowest BCUT2D eigenvalue weighted by Crippen LogP contribution is -2.52. The Kier molecular flexibility index (Phi) is 2.48. The maximum Gasteiger partial charge on any atom is 0.287 e. The van der Waals surface area contributed by atoms with Crippen LogP contribution in [-0.4, -0.2) is 21.7 Å². The standard InChI is InChI=1S/C15H13N3O3/c19-15-12-5-6-17(14(15)10-2-1-9(12)7-10)13-4-3-11(8-16-13)18(20)21/h1-6,8-10,12,14H,7H2/t9-,10+,12+,14-/m1/s1. The highest BCUT2D eigenvalue weighted by Gasteiger charge is 2.48. The third-order valence-electron chi connectivity index (χ3n) is 4.60. The highest BCUT2D eigenvalue weighted by molar-refractivity contribution is 5.94. The highest BCUT2D eigenvalue weighted by Crippen LogP contribution is 2.44. The van der Waals surface area contributed by atoms with Crippen LogP contribution in [0.4, 0.5) is 11.5 Å². The summed E-state index contributed by atoms with van der Waals surface area (Å²) in [6, 6.07) is 2.79. The van der Waals surface area contributed by atoms with Gasteiger partial charge in [-0.2, -0.15) is 0 Å². The molecule has 1 saturated carbocycles. The number of hydrogen-bond donors (Lipinski definition) is 0. The number of aromatic nitrogens is 1. The molecule has 4 atom stereocenters. The van der Waals surface area contributed by atoms with Crippen LogP contribution in [0.3, 0.4) is 0 Å². The van der Waals surface area contributed by atoms with Crippen LogP contribution >= 0.6 is 0 Å². The molecule has 0 aromatic carbocycles. The van der Waals surface area contributed by atoms with E-state index in [9.17, 15) is 14.9 Å². The summed E-state index contributed by atoms with van der Waals surface area (Å²) in [4.78, 5) is 28.8. The first-order valence-corrected chi connectivity index (χ1v) is 6.94. The largest absolute Gasteiger partial charge is 0.322 e. The monoisotopic (exact) mass is 283 g/mol. The Labute approximate surface area is 120 Å². The number of anilines is 1. The van der Waals surface area contributed by atoms with E-state index in [-0.39, 0.29) is 29.3 Å². The molecule has 2 aliphatic carbocycles. The van der Waals surface area contributed by atoms with E-state index in [1.807, 2.05) is 17.2 Å². The zero-order valence-electron chi connectivity index (χ0n) is 11.1. The van der Waals surface area contributed by atoms with Crippen LogP contribution in [0.2, 0.25) is 0 Å². The van der Waals surface area contributed by atoms with Gasteiger partial charge in [-0.05, 0) is 18.4 Å². The number of nitro groups is 1.